The lowest BCUT2D eigenvalue weighted by molar-refractivity contribution is -0.707. The van der Waals surface area contributed by atoms with Gasteiger partial charge in [0.05, 0.1) is 28.2 Å². The minimum absolute atomic E-state index is 0.0446. The Kier molecular flexibility index (Phi) is 4.75. The van der Waals surface area contributed by atoms with E-state index in [0.717, 1.165) is 23.6 Å². The van der Waals surface area contributed by atoms with Gasteiger partial charge in [0.25, 0.3) is 5.65 Å². The van der Waals surface area contributed by atoms with E-state index in [4.69, 9.17) is 11.6 Å². The number of halogens is 4. The fourth-order valence-electron chi connectivity index (χ4n) is 2.90. The molecule has 0 saturated carbocycles. The molecule has 0 fully saturated rings. The number of pyridine rings is 2. The zero-order valence-electron chi connectivity index (χ0n) is 14.4. The van der Waals surface area contributed by atoms with E-state index in [2.05, 4.69) is 9.97 Å². The standard InChI is InChI=1S/C18H10ClF3N4O2S/c19-17-24-8-11(29-17)9-26-13-3-1-2-6-25(13)15(27)14(16(26)28)12-7-10(4-5-23-12)18(20,21)22/h1-8H,9H2. The maximum Gasteiger partial charge on any atom is 0.416 e. The lowest BCUT2D eigenvalue weighted by Gasteiger charge is -2.16. The van der Waals surface area contributed by atoms with Crippen molar-refractivity contribution in [2.24, 2.45) is 0 Å². The molecule has 0 radical (unpaired) electrons. The van der Waals surface area contributed by atoms with E-state index in [1.165, 1.54) is 21.4 Å². The van der Waals surface area contributed by atoms with Crippen molar-refractivity contribution in [3.05, 3.63) is 74.2 Å². The van der Waals surface area contributed by atoms with Crippen molar-refractivity contribution in [3.8, 4) is 17.1 Å². The molecule has 4 aromatic heterocycles. The van der Waals surface area contributed by atoms with Crippen molar-refractivity contribution < 1.29 is 22.8 Å². The SMILES string of the molecule is O=c1c(-c2cc(C(F)(F)F)ccn2)c([O-])[n+](Cc2cnc(Cl)s2)c2ccccn12. The fraction of sp³-hybridized carbons (Fsp3) is 0.111. The average molecular weight is 439 g/mol. The Morgan fingerprint density at radius 2 is 2.03 bits per heavy atom. The van der Waals surface area contributed by atoms with Gasteiger partial charge in [-0.05, 0) is 18.2 Å². The van der Waals surface area contributed by atoms with E-state index < -0.39 is 28.7 Å². The van der Waals surface area contributed by atoms with Gasteiger partial charge in [-0.15, -0.1) is 11.3 Å². The third-order valence-electron chi connectivity index (χ3n) is 4.19. The third-order valence-corrected chi connectivity index (χ3v) is 5.29. The van der Waals surface area contributed by atoms with Crippen molar-refractivity contribution in [1.82, 2.24) is 14.4 Å². The highest BCUT2D eigenvalue weighted by Gasteiger charge is 2.31. The number of fused-ring (bicyclic) bond motifs is 1. The number of aromatic nitrogens is 4. The third kappa shape index (κ3) is 3.56. The smallest absolute Gasteiger partial charge is 0.416 e. The van der Waals surface area contributed by atoms with Gasteiger partial charge < -0.3 is 5.11 Å². The molecule has 0 aliphatic rings. The van der Waals surface area contributed by atoms with Crippen LogP contribution in [0.4, 0.5) is 13.2 Å². The largest absolute Gasteiger partial charge is 0.842 e. The van der Waals surface area contributed by atoms with Crippen LogP contribution in [0.2, 0.25) is 4.47 Å². The van der Waals surface area contributed by atoms with Crippen LogP contribution in [0.15, 0.2) is 53.7 Å². The summed E-state index contributed by atoms with van der Waals surface area (Å²) in [4.78, 5) is 21.3. The average Bonchev–Trinajstić information content (AvgIpc) is 3.10. The summed E-state index contributed by atoms with van der Waals surface area (Å²) in [6.07, 6.45) is -0.788. The second-order valence-corrected chi connectivity index (χ2v) is 7.70. The first-order valence-electron chi connectivity index (χ1n) is 8.14. The summed E-state index contributed by atoms with van der Waals surface area (Å²) >= 11 is 7.00. The van der Waals surface area contributed by atoms with E-state index in [1.807, 2.05) is 0 Å². The van der Waals surface area contributed by atoms with Crippen LogP contribution >= 0.6 is 22.9 Å². The second kappa shape index (κ2) is 7.12. The zero-order chi connectivity index (χ0) is 20.8. The fourth-order valence-corrected chi connectivity index (χ4v) is 3.87. The number of hydrogen-bond acceptors (Lipinski definition) is 5. The minimum atomic E-state index is -4.64. The maximum atomic E-state index is 13.2. The molecule has 0 amide bonds. The second-order valence-electron chi connectivity index (χ2n) is 6.01. The van der Waals surface area contributed by atoms with Crippen LogP contribution in [0, 0.1) is 0 Å². The molecule has 4 aromatic rings. The van der Waals surface area contributed by atoms with Crippen molar-refractivity contribution in [2.45, 2.75) is 12.7 Å². The molecule has 29 heavy (non-hydrogen) atoms. The molecule has 0 atom stereocenters. The Balaban J connectivity index is 1.99. The Bertz CT molecular complexity index is 1290. The molecular weight excluding hydrogens is 429 g/mol. The van der Waals surface area contributed by atoms with Crippen LogP contribution in [-0.4, -0.2) is 14.4 Å². The van der Waals surface area contributed by atoms with Crippen LogP contribution in [-0.2, 0) is 12.7 Å². The molecule has 148 valence electrons. The molecule has 0 aliphatic carbocycles. The summed E-state index contributed by atoms with van der Waals surface area (Å²) in [5, 5.41) is 13.2. The van der Waals surface area contributed by atoms with E-state index in [1.54, 1.807) is 18.2 Å². The molecule has 0 unspecified atom stereocenters. The van der Waals surface area contributed by atoms with Crippen molar-refractivity contribution in [3.63, 3.8) is 0 Å². The van der Waals surface area contributed by atoms with Gasteiger partial charge in [0.2, 0.25) is 0 Å². The molecule has 11 heteroatoms. The van der Waals surface area contributed by atoms with Crippen molar-refractivity contribution >= 4 is 28.6 Å². The predicted octanol–water partition coefficient (Wildman–Crippen LogP) is 2.90. The van der Waals surface area contributed by atoms with E-state index in [0.29, 0.717) is 10.9 Å². The molecule has 0 saturated heterocycles. The Morgan fingerprint density at radius 3 is 2.72 bits per heavy atom. The molecule has 0 spiro atoms. The van der Waals surface area contributed by atoms with Gasteiger partial charge in [0, 0.05) is 18.5 Å². The lowest BCUT2D eigenvalue weighted by atomic mass is 10.1. The first kappa shape index (κ1) is 19.3. The Labute approximate surface area is 170 Å². The number of alkyl halides is 3. The molecular formula is C18H10ClF3N4O2S. The number of nitrogens with zero attached hydrogens (tertiary/aromatic N) is 4. The van der Waals surface area contributed by atoms with Crippen molar-refractivity contribution in [1.29, 1.82) is 0 Å². The maximum absolute atomic E-state index is 13.2. The molecule has 0 aromatic carbocycles. The Hall–Kier alpha value is -2.98. The van der Waals surface area contributed by atoms with Gasteiger partial charge in [-0.1, -0.05) is 17.7 Å². The quantitative estimate of drug-likeness (QED) is 0.461. The molecule has 0 aliphatic heterocycles. The van der Waals surface area contributed by atoms with Crippen LogP contribution in [0.3, 0.4) is 0 Å². The first-order chi connectivity index (χ1) is 13.8. The van der Waals surface area contributed by atoms with E-state index >= 15 is 0 Å². The topological polar surface area (TPSA) is 74.2 Å². The van der Waals surface area contributed by atoms with Crippen LogP contribution in [0.1, 0.15) is 10.4 Å². The summed E-state index contributed by atoms with van der Waals surface area (Å²) in [5.74, 6) is -0.752. The van der Waals surface area contributed by atoms with Crippen LogP contribution in [0.5, 0.6) is 5.88 Å². The molecule has 4 rings (SSSR count). The normalized spacial score (nSPS) is 11.9. The van der Waals surface area contributed by atoms with Gasteiger partial charge >= 0.3 is 11.7 Å². The zero-order valence-corrected chi connectivity index (χ0v) is 15.9. The Morgan fingerprint density at radius 1 is 1.24 bits per heavy atom. The summed E-state index contributed by atoms with van der Waals surface area (Å²) in [6.45, 7) is 0.0446. The molecule has 6 nitrogen and oxygen atoms in total. The number of rotatable bonds is 3. The summed E-state index contributed by atoms with van der Waals surface area (Å²) in [6, 6.07) is 6.26. The summed E-state index contributed by atoms with van der Waals surface area (Å²) < 4.78 is 42.0. The summed E-state index contributed by atoms with van der Waals surface area (Å²) in [5.41, 5.74) is -2.27. The monoisotopic (exact) mass is 438 g/mol. The molecule has 0 N–H and O–H groups in total. The minimum Gasteiger partial charge on any atom is -0.842 e. The van der Waals surface area contributed by atoms with E-state index in [9.17, 15) is 23.1 Å². The van der Waals surface area contributed by atoms with E-state index in [-0.39, 0.29) is 22.4 Å². The van der Waals surface area contributed by atoms with Crippen LogP contribution in [0.25, 0.3) is 16.9 Å². The molecule has 4 heterocycles. The van der Waals surface area contributed by atoms with Gasteiger partial charge in [0.15, 0.2) is 4.47 Å². The number of hydrogen-bond donors (Lipinski definition) is 0. The van der Waals surface area contributed by atoms with Gasteiger partial charge in [-0.25, -0.2) is 14.3 Å². The highest BCUT2D eigenvalue weighted by molar-refractivity contribution is 7.15. The highest BCUT2D eigenvalue weighted by atomic mass is 35.5. The molecule has 0 bridgehead atoms. The first-order valence-corrected chi connectivity index (χ1v) is 9.33. The highest BCUT2D eigenvalue weighted by Crippen LogP contribution is 2.31. The van der Waals surface area contributed by atoms with Gasteiger partial charge in [-0.2, -0.15) is 17.6 Å². The van der Waals surface area contributed by atoms with Crippen LogP contribution < -0.4 is 15.2 Å². The van der Waals surface area contributed by atoms with Crippen molar-refractivity contribution in [2.75, 3.05) is 0 Å². The van der Waals surface area contributed by atoms with Gasteiger partial charge in [0.1, 0.15) is 12.1 Å². The summed E-state index contributed by atoms with van der Waals surface area (Å²) in [7, 11) is 0. The lowest BCUT2D eigenvalue weighted by Crippen LogP contribution is -2.44. The predicted molar refractivity (Wildman–Crippen MR) is 97.8 cm³/mol. The number of thiazole rings is 1. The van der Waals surface area contributed by atoms with Gasteiger partial charge in [-0.3, -0.25) is 4.98 Å².